The van der Waals surface area contributed by atoms with Crippen LogP contribution in [0.15, 0.2) is 45.6 Å². The van der Waals surface area contributed by atoms with E-state index in [9.17, 15) is 18.0 Å². The molecule has 2 heterocycles. The molecule has 3 aromatic rings. The number of aliphatic carboxylic acids is 1. The van der Waals surface area contributed by atoms with Crippen molar-refractivity contribution in [2.24, 2.45) is 0 Å². The SMILES string of the molecule is O=C(O)C/C(=C\c1ccccc1C(F)(F)F)c1nc(-c2ccsc2)no1. The molecule has 2 aromatic heterocycles. The number of alkyl halides is 3. The molecule has 0 saturated heterocycles. The second kappa shape index (κ2) is 7.12. The molecule has 0 atom stereocenters. The van der Waals surface area contributed by atoms with Crippen molar-refractivity contribution in [3.8, 4) is 11.4 Å². The van der Waals surface area contributed by atoms with Gasteiger partial charge in [-0.15, -0.1) is 0 Å². The molecule has 0 saturated carbocycles. The Morgan fingerprint density at radius 3 is 2.69 bits per heavy atom. The molecule has 0 amide bonds. The molecular formula is C17H11F3N2O3S. The number of halogens is 3. The maximum Gasteiger partial charge on any atom is 0.416 e. The molecule has 1 N–H and O–H groups in total. The number of carboxylic acid groups (broad SMARTS) is 1. The van der Waals surface area contributed by atoms with Crippen molar-refractivity contribution in [2.45, 2.75) is 12.6 Å². The van der Waals surface area contributed by atoms with Gasteiger partial charge in [-0.05, 0) is 29.2 Å². The van der Waals surface area contributed by atoms with Gasteiger partial charge in [-0.2, -0.15) is 29.5 Å². The number of hydrogen-bond acceptors (Lipinski definition) is 5. The minimum absolute atomic E-state index is 0.0109. The summed E-state index contributed by atoms with van der Waals surface area (Å²) in [5.74, 6) is -1.12. The first-order valence-corrected chi connectivity index (χ1v) is 8.24. The number of benzene rings is 1. The molecule has 0 unspecified atom stereocenters. The van der Waals surface area contributed by atoms with Crippen molar-refractivity contribution >= 4 is 29.0 Å². The van der Waals surface area contributed by atoms with Crippen LogP contribution in [0.25, 0.3) is 23.0 Å². The van der Waals surface area contributed by atoms with Crippen LogP contribution in [0.5, 0.6) is 0 Å². The maximum atomic E-state index is 13.2. The Hall–Kier alpha value is -2.94. The number of rotatable bonds is 5. The van der Waals surface area contributed by atoms with E-state index >= 15 is 0 Å². The smallest absolute Gasteiger partial charge is 0.416 e. The van der Waals surface area contributed by atoms with E-state index in [4.69, 9.17) is 9.63 Å². The Morgan fingerprint density at radius 2 is 2.04 bits per heavy atom. The van der Waals surface area contributed by atoms with Crippen molar-refractivity contribution in [3.05, 3.63) is 58.1 Å². The highest BCUT2D eigenvalue weighted by atomic mass is 32.1. The molecule has 1 aromatic carbocycles. The molecule has 0 aliphatic carbocycles. The van der Waals surface area contributed by atoms with Crippen LogP contribution in [-0.2, 0) is 11.0 Å². The number of aromatic nitrogens is 2. The van der Waals surface area contributed by atoms with E-state index in [2.05, 4.69) is 10.1 Å². The number of carboxylic acids is 1. The Kier molecular flexibility index (Phi) is 4.90. The molecule has 0 bridgehead atoms. The van der Waals surface area contributed by atoms with Crippen LogP contribution in [0.2, 0.25) is 0 Å². The lowest BCUT2D eigenvalue weighted by Gasteiger charge is -2.10. The van der Waals surface area contributed by atoms with Crippen LogP contribution < -0.4 is 0 Å². The van der Waals surface area contributed by atoms with E-state index in [1.807, 2.05) is 0 Å². The van der Waals surface area contributed by atoms with Gasteiger partial charge in [-0.25, -0.2) is 0 Å². The van der Waals surface area contributed by atoms with Gasteiger partial charge < -0.3 is 9.63 Å². The summed E-state index contributed by atoms with van der Waals surface area (Å²) < 4.78 is 44.6. The van der Waals surface area contributed by atoms with Crippen LogP contribution in [0, 0.1) is 0 Å². The molecular weight excluding hydrogens is 369 g/mol. The molecule has 0 fully saturated rings. The predicted octanol–water partition coefficient (Wildman–Crippen LogP) is 4.83. The predicted molar refractivity (Wildman–Crippen MR) is 89.2 cm³/mol. The summed E-state index contributed by atoms with van der Waals surface area (Å²) in [6, 6.07) is 6.62. The van der Waals surface area contributed by atoms with Crippen LogP contribution in [0.1, 0.15) is 23.4 Å². The van der Waals surface area contributed by atoms with Gasteiger partial charge >= 0.3 is 12.1 Å². The largest absolute Gasteiger partial charge is 0.481 e. The van der Waals surface area contributed by atoms with Crippen molar-refractivity contribution in [2.75, 3.05) is 0 Å². The summed E-state index contributed by atoms with van der Waals surface area (Å²) in [6.45, 7) is 0. The standard InChI is InChI=1S/C17H11F3N2O3S/c18-17(19,20)13-4-2-1-3-10(13)7-12(8-14(23)24)16-21-15(22-25-16)11-5-6-26-9-11/h1-7,9H,8H2,(H,23,24)/b12-7+. The quantitative estimate of drug-likeness (QED) is 0.686. The van der Waals surface area contributed by atoms with Crippen LogP contribution in [0.3, 0.4) is 0 Å². The maximum absolute atomic E-state index is 13.2. The van der Waals surface area contributed by atoms with Gasteiger partial charge in [0.25, 0.3) is 5.89 Å². The van der Waals surface area contributed by atoms with Crippen molar-refractivity contribution in [1.82, 2.24) is 10.1 Å². The minimum atomic E-state index is -4.57. The molecule has 26 heavy (non-hydrogen) atoms. The zero-order valence-electron chi connectivity index (χ0n) is 13.0. The Morgan fingerprint density at radius 1 is 1.27 bits per heavy atom. The van der Waals surface area contributed by atoms with Gasteiger partial charge in [0.2, 0.25) is 5.82 Å². The minimum Gasteiger partial charge on any atom is -0.481 e. The van der Waals surface area contributed by atoms with Gasteiger partial charge in [0.15, 0.2) is 0 Å². The molecule has 5 nitrogen and oxygen atoms in total. The van der Waals surface area contributed by atoms with Crippen molar-refractivity contribution in [3.63, 3.8) is 0 Å². The Bertz CT molecular complexity index is 946. The highest BCUT2D eigenvalue weighted by Gasteiger charge is 2.32. The number of nitrogens with zero attached hydrogens (tertiary/aromatic N) is 2. The Balaban J connectivity index is 2.05. The monoisotopic (exact) mass is 380 g/mol. The van der Waals surface area contributed by atoms with Crippen LogP contribution >= 0.6 is 11.3 Å². The van der Waals surface area contributed by atoms with Crippen LogP contribution in [0.4, 0.5) is 13.2 Å². The van der Waals surface area contributed by atoms with Crippen molar-refractivity contribution in [1.29, 1.82) is 0 Å². The Labute approximate surface area is 149 Å². The molecule has 0 radical (unpaired) electrons. The number of carbonyl (C=O) groups is 1. The lowest BCUT2D eigenvalue weighted by molar-refractivity contribution is -0.138. The fourth-order valence-electron chi connectivity index (χ4n) is 2.28. The summed E-state index contributed by atoms with van der Waals surface area (Å²) in [7, 11) is 0. The van der Waals surface area contributed by atoms with Gasteiger partial charge in [-0.3, -0.25) is 4.79 Å². The highest BCUT2D eigenvalue weighted by molar-refractivity contribution is 7.08. The third-order valence-corrected chi connectivity index (χ3v) is 4.10. The van der Waals surface area contributed by atoms with E-state index in [1.165, 1.54) is 29.5 Å². The van der Waals surface area contributed by atoms with E-state index in [-0.39, 0.29) is 22.9 Å². The second-order valence-corrected chi connectivity index (χ2v) is 6.04. The van der Waals surface area contributed by atoms with E-state index in [1.54, 1.807) is 16.8 Å². The molecule has 0 aliphatic heterocycles. The van der Waals surface area contributed by atoms with Gasteiger partial charge in [-0.1, -0.05) is 23.4 Å². The summed E-state index contributed by atoms with van der Waals surface area (Å²) in [5.41, 5.74) is -0.384. The van der Waals surface area contributed by atoms with E-state index in [0.717, 1.165) is 12.1 Å². The number of thiophene rings is 1. The van der Waals surface area contributed by atoms with Crippen molar-refractivity contribution < 1.29 is 27.6 Å². The molecule has 134 valence electrons. The van der Waals surface area contributed by atoms with E-state index < -0.39 is 24.1 Å². The normalized spacial score (nSPS) is 12.3. The first-order chi connectivity index (χ1) is 12.3. The summed E-state index contributed by atoms with van der Waals surface area (Å²) >= 11 is 1.41. The van der Waals surface area contributed by atoms with Gasteiger partial charge in [0.05, 0.1) is 12.0 Å². The lowest BCUT2D eigenvalue weighted by atomic mass is 10.0. The topological polar surface area (TPSA) is 76.2 Å². The zero-order valence-corrected chi connectivity index (χ0v) is 13.8. The fourth-order valence-corrected chi connectivity index (χ4v) is 2.92. The zero-order chi connectivity index (χ0) is 18.7. The lowest BCUT2D eigenvalue weighted by Crippen LogP contribution is -2.07. The first kappa shape index (κ1) is 17.9. The average Bonchev–Trinajstić information content (AvgIpc) is 3.25. The van der Waals surface area contributed by atoms with E-state index in [0.29, 0.717) is 5.56 Å². The van der Waals surface area contributed by atoms with Gasteiger partial charge in [0.1, 0.15) is 0 Å². The first-order valence-electron chi connectivity index (χ1n) is 7.30. The summed E-state index contributed by atoms with van der Waals surface area (Å²) in [5, 5.41) is 16.4. The molecule has 9 heteroatoms. The third-order valence-electron chi connectivity index (χ3n) is 3.42. The third kappa shape index (κ3) is 3.99. The second-order valence-electron chi connectivity index (χ2n) is 5.26. The highest BCUT2D eigenvalue weighted by Crippen LogP contribution is 2.34. The molecule has 3 rings (SSSR count). The number of hydrogen-bond donors (Lipinski definition) is 1. The van der Waals surface area contributed by atoms with Crippen LogP contribution in [-0.4, -0.2) is 21.2 Å². The average molecular weight is 380 g/mol. The summed E-state index contributed by atoms with van der Waals surface area (Å²) in [6.07, 6.45) is -4.02. The summed E-state index contributed by atoms with van der Waals surface area (Å²) in [4.78, 5) is 15.2. The van der Waals surface area contributed by atoms with Gasteiger partial charge in [0, 0.05) is 16.5 Å². The molecule has 0 spiro atoms. The fraction of sp³-hybridized carbons (Fsp3) is 0.118. The molecule has 0 aliphatic rings.